The molecule has 226 valence electrons. The van der Waals surface area contributed by atoms with E-state index in [1.807, 2.05) is 46.8 Å². The molecule has 0 saturated heterocycles. The van der Waals surface area contributed by atoms with Crippen molar-refractivity contribution in [1.29, 1.82) is 0 Å². The Balaban J connectivity index is 2.07. The van der Waals surface area contributed by atoms with E-state index in [-0.39, 0.29) is 29.2 Å². The van der Waals surface area contributed by atoms with Crippen LogP contribution in [0.2, 0.25) is 10.0 Å². The van der Waals surface area contributed by atoms with Crippen molar-refractivity contribution in [1.82, 2.24) is 10.2 Å². The molecule has 1 atom stereocenters. The Kier molecular flexibility index (Phi) is 11.9. The van der Waals surface area contributed by atoms with E-state index in [1.165, 1.54) is 17.0 Å². The molecule has 0 aliphatic rings. The molecule has 0 aliphatic carbocycles. The van der Waals surface area contributed by atoms with Gasteiger partial charge < -0.3 is 10.2 Å². The van der Waals surface area contributed by atoms with Crippen molar-refractivity contribution in [3.8, 4) is 0 Å². The van der Waals surface area contributed by atoms with Gasteiger partial charge in [0.2, 0.25) is 11.8 Å². The zero-order valence-electron chi connectivity index (χ0n) is 24.7. The van der Waals surface area contributed by atoms with Gasteiger partial charge in [0.25, 0.3) is 10.0 Å². The maximum atomic E-state index is 14.2. The van der Waals surface area contributed by atoms with Crippen molar-refractivity contribution >= 4 is 50.7 Å². The van der Waals surface area contributed by atoms with Crippen molar-refractivity contribution in [2.24, 2.45) is 5.92 Å². The van der Waals surface area contributed by atoms with Crippen LogP contribution < -0.4 is 9.62 Å². The number of nitrogens with one attached hydrogen (secondary N) is 1. The number of hydrogen-bond acceptors (Lipinski definition) is 4. The molecule has 0 aromatic heterocycles. The van der Waals surface area contributed by atoms with E-state index in [0.717, 1.165) is 9.87 Å². The van der Waals surface area contributed by atoms with Gasteiger partial charge in [-0.05, 0) is 65.8 Å². The van der Waals surface area contributed by atoms with Crippen LogP contribution >= 0.6 is 23.2 Å². The fourth-order valence-corrected chi connectivity index (χ4v) is 6.35. The zero-order chi connectivity index (χ0) is 31.0. The minimum Gasteiger partial charge on any atom is -0.354 e. The molecule has 42 heavy (non-hydrogen) atoms. The molecule has 3 aromatic rings. The molecule has 0 saturated carbocycles. The van der Waals surface area contributed by atoms with Crippen LogP contribution in [-0.2, 0) is 26.2 Å². The third kappa shape index (κ3) is 8.49. The van der Waals surface area contributed by atoms with Gasteiger partial charge in [-0.25, -0.2) is 8.42 Å². The molecule has 7 nitrogen and oxygen atoms in total. The molecule has 3 rings (SSSR count). The monoisotopic (exact) mass is 631 g/mol. The normalized spacial score (nSPS) is 12.3. The Hall–Kier alpha value is -3.07. The molecule has 0 radical (unpaired) electrons. The highest BCUT2D eigenvalue weighted by atomic mass is 35.5. The first-order valence-corrected chi connectivity index (χ1v) is 16.2. The Morgan fingerprint density at radius 3 is 2.10 bits per heavy atom. The maximum absolute atomic E-state index is 14.2. The standard InChI is InChI=1S/C32H39Cl2N3O4S/c1-6-30(32(39)35-19-22(2)3)36(20-25-12-15-26(33)18-29(25)34)31(38)21-37(27-16-13-24(14-17-27)23(4)5)42(40,41)28-10-8-7-9-11-28/h7-18,22-23,30H,6,19-21H2,1-5H3,(H,35,39)/t30-/m1/s1. The lowest BCUT2D eigenvalue weighted by molar-refractivity contribution is -0.140. The second-order valence-electron chi connectivity index (χ2n) is 10.9. The van der Waals surface area contributed by atoms with E-state index in [4.69, 9.17) is 23.2 Å². The van der Waals surface area contributed by atoms with Crippen molar-refractivity contribution in [3.05, 3.63) is 94.0 Å². The number of amides is 2. The first-order valence-electron chi connectivity index (χ1n) is 14.0. The topological polar surface area (TPSA) is 86.8 Å². The van der Waals surface area contributed by atoms with Gasteiger partial charge >= 0.3 is 0 Å². The van der Waals surface area contributed by atoms with E-state index in [0.29, 0.717) is 34.3 Å². The van der Waals surface area contributed by atoms with Gasteiger partial charge in [0, 0.05) is 23.1 Å². The van der Waals surface area contributed by atoms with E-state index in [9.17, 15) is 18.0 Å². The van der Waals surface area contributed by atoms with Gasteiger partial charge in [-0.2, -0.15) is 0 Å². The Labute approximate surface area is 259 Å². The number of carbonyl (C=O) groups is 2. The summed E-state index contributed by atoms with van der Waals surface area (Å²) in [5, 5.41) is 3.70. The summed E-state index contributed by atoms with van der Waals surface area (Å²) in [5.74, 6) is -0.404. The SMILES string of the molecule is CC[C@H](C(=O)NCC(C)C)N(Cc1ccc(Cl)cc1Cl)C(=O)CN(c1ccc(C(C)C)cc1)S(=O)(=O)c1ccccc1. The lowest BCUT2D eigenvalue weighted by Crippen LogP contribution is -2.52. The van der Waals surface area contributed by atoms with Crippen LogP contribution in [0.4, 0.5) is 5.69 Å². The van der Waals surface area contributed by atoms with Crippen molar-refractivity contribution in [2.75, 3.05) is 17.4 Å². The average molecular weight is 633 g/mol. The third-order valence-corrected chi connectivity index (χ3v) is 9.26. The molecule has 1 N–H and O–H groups in total. The van der Waals surface area contributed by atoms with Crippen LogP contribution in [0.1, 0.15) is 58.1 Å². The van der Waals surface area contributed by atoms with Crippen molar-refractivity contribution in [3.63, 3.8) is 0 Å². The molecule has 10 heteroatoms. The number of sulfonamides is 1. The Morgan fingerprint density at radius 1 is 0.905 bits per heavy atom. The van der Waals surface area contributed by atoms with Crippen LogP contribution in [0.15, 0.2) is 77.7 Å². The van der Waals surface area contributed by atoms with E-state index in [2.05, 4.69) is 5.32 Å². The lowest BCUT2D eigenvalue weighted by atomic mass is 10.0. The minimum absolute atomic E-state index is 0.00600. The molecule has 0 unspecified atom stereocenters. The molecular formula is C32H39Cl2N3O4S. The van der Waals surface area contributed by atoms with Crippen molar-refractivity contribution in [2.45, 2.75) is 64.4 Å². The number of nitrogens with zero attached hydrogens (tertiary/aromatic N) is 2. The Morgan fingerprint density at radius 2 is 1.55 bits per heavy atom. The second kappa shape index (κ2) is 14.9. The van der Waals surface area contributed by atoms with Gasteiger partial charge in [-0.3, -0.25) is 13.9 Å². The van der Waals surface area contributed by atoms with Gasteiger partial charge in [0.1, 0.15) is 12.6 Å². The van der Waals surface area contributed by atoms with Gasteiger partial charge in [0.15, 0.2) is 0 Å². The average Bonchev–Trinajstić information content (AvgIpc) is 2.96. The van der Waals surface area contributed by atoms with E-state index < -0.39 is 28.5 Å². The highest BCUT2D eigenvalue weighted by Crippen LogP contribution is 2.28. The predicted octanol–water partition coefficient (Wildman–Crippen LogP) is 6.89. The van der Waals surface area contributed by atoms with Gasteiger partial charge in [-0.15, -0.1) is 0 Å². The van der Waals surface area contributed by atoms with Crippen LogP contribution in [0.25, 0.3) is 0 Å². The van der Waals surface area contributed by atoms with Crippen LogP contribution in [0.5, 0.6) is 0 Å². The van der Waals surface area contributed by atoms with Crippen LogP contribution in [0, 0.1) is 5.92 Å². The van der Waals surface area contributed by atoms with Crippen LogP contribution in [0.3, 0.4) is 0 Å². The summed E-state index contributed by atoms with van der Waals surface area (Å²) >= 11 is 12.6. The van der Waals surface area contributed by atoms with Gasteiger partial charge in [-0.1, -0.05) is 94.2 Å². The molecule has 3 aromatic carbocycles. The molecule has 0 aliphatic heterocycles. The lowest BCUT2D eigenvalue weighted by Gasteiger charge is -2.33. The first kappa shape index (κ1) is 33.4. The molecule has 2 amide bonds. The fraction of sp³-hybridized carbons (Fsp3) is 0.375. The maximum Gasteiger partial charge on any atom is 0.264 e. The van der Waals surface area contributed by atoms with Crippen molar-refractivity contribution < 1.29 is 18.0 Å². The summed E-state index contributed by atoms with van der Waals surface area (Å²) in [7, 11) is -4.13. The largest absolute Gasteiger partial charge is 0.354 e. The number of benzene rings is 3. The molecule has 0 heterocycles. The molecule has 0 fully saturated rings. The number of halogens is 2. The number of anilines is 1. The summed E-state index contributed by atoms with van der Waals surface area (Å²) in [6, 6.07) is 19.2. The summed E-state index contributed by atoms with van der Waals surface area (Å²) < 4.78 is 29.0. The molecule has 0 bridgehead atoms. The smallest absolute Gasteiger partial charge is 0.264 e. The predicted molar refractivity (Wildman–Crippen MR) is 170 cm³/mol. The quantitative estimate of drug-likeness (QED) is 0.222. The van der Waals surface area contributed by atoms with E-state index >= 15 is 0 Å². The number of carbonyl (C=O) groups excluding carboxylic acids is 2. The second-order valence-corrected chi connectivity index (χ2v) is 13.6. The summed E-state index contributed by atoms with van der Waals surface area (Å²) in [6.45, 7) is 9.79. The Bertz CT molecular complexity index is 1460. The molecule has 0 spiro atoms. The van der Waals surface area contributed by atoms with E-state index in [1.54, 1.807) is 48.5 Å². The number of rotatable bonds is 13. The zero-order valence-corrected chi connectivity index (χ0v) is 27.0. The third-order valence-electron chi connectivity index (χ3n) is 6.88. The first-order chi connectivity index (χ1) is 19.8. The summed E-state index contributed by atoms with van der Waals surface area (Å²) in [4.78, 5) is 29.0. The number of hydrogen-bond donors (Lipinski definition) is 1. The van der Waals surface area contributed by atoms with Crippen LogP contribution in [-0.4, -0.2) is 44.3 Å². The highest BCUT2D eigenvalue weighted by Gasteiger charge is 2.34. The minimum atomic E-state index is -4.13. The highest BCUT2D eigenvalue weighted by molar-refractivity contribution is 7.92. The summed E-state index contributed by atoms with van der Waals surface area (Å²) in [5.41, 5.74) is 1.97. The fourth-order valence-electron chi connectivity index (χ4n) is 4.45. The summed E-state index contributed by atoms with van der Waals surface area (Å²) in [6.07, 6.45) is 0.315. The molecular weight excluding hydrogens is 593 g/mol. The van der Waals surface area contributed by atoms with Gasteiger partial charge in [0.05, 0.1) is 10.6 Å².